The number of aryl methyl sites for hydroxylation is 1. The Bertz CT molecular complexity index is 1220. The van der Waals surface area contributed by atoms with Crippen LogP contribution in [0.15, 0.2) is 84.0 Å². The molecule has 33 heavy (non-hydrogen) atoms. The van der Waals surface area contributed by atoms with E-state index in [1.807, 2.05) is 102 Å². The summed E-state index contributed by atoms with van der Waals surface area (Å²) in [7, 11) is 1.64. The van der Waals surface area contributed by atoms with Crippen molar-refractivity contribution in [1.82, 2.24) is 14.8 Å². The highest BCUT2D eigenvalue weighted by Gasteiger charge is 2.20. The molecule has 4 aromatic rings. The van der Waals surface area contributed by atoms with E-state index in [1.165, 1.54) is 11.8 Å². The third kappa shape index (κ3) is 4.93. The molecule has 0 spiro atoms. The molecule has 0 aliphatic rings. The van der Waals surface area contributed by atoms with Crippen LogP contribution in [-0.4, -0.2) is 40.1 Å². The van der Waals surface area contributed by atoms with Gasteiger partial charge in [0, 0.05) is 23.5 Å². The van der Waals surface area contributed by atoms with E-state index in [2.05, 4.69) is 10.2 Å². The van der Waals surface area contributed by atoms with Crippen molar-refractivity contribution in [3.63, 3.8) is 0 Å². The number of thioether (sulfide) groups is 1. The highest BCUT2D eigenvalue weighted by Crippen LogP contribution is 2.29. The van der Waals surface area contributed by atoms with E-state index >= 15 is 0 Å². The van der Waals surface area contributed by atoms with Crippen LogP contribution in [0.2, 0.25) is 0 Å². The normalized spacial score (nSPS) is 10.8. The molecule has 0 radical (unpaired) electrons. The maximum atomic E-state index is 13.1. The Morgan fingerprint density at radius 1 is 0.970 bits per heavy atom. The number of ether oxygens (including phenoxy) is 1. The number of nitrogens with zero attached hydrogens (tertiary/aromatic N) is 4. The topological polar surface area (TPSA) is 60.3 Å². The second-order valence-electron chi connectivity index (χ2n) is 7.42. The average Bonchev–Trinajstić information content (AvgIpc) is 3.29. The fraction of sp³-hybridized carbons (Fsp3) is 0.192. The number of hydrogen-bond acceptors (Lipinski definition) is 5. The lowest BCUT2D eigenvalue weighted by molar-refractivity contribution is -0.116. The predicted octanol–water partition coefficient (Wildman–Crippen LogP) is 5.40. The molecule has 0 aliphatic heterocycles. The van der Waals surface area contributed by atoms with Gasteiger partial charge in [-0.3, -0.25) is 9.36 Å². The Morgan fingerprint density at radius 3 is 2.33 bits per heavy atom. The largest absolute Gasteiger partial charge is 0.497 e. The van der Waals surface area contributed by atoms with Crippen molar-refractivity contribution < 1.29 is 9.53 Å². The van der Waals surface area contributed by atoms with Crippen LogP contribution in [0, 0.1) is 6.92 Å². The number of anilines is 1. The number of hydrogen-bond donors (Lipinski definition) is 0. The molecule has 1 aromatic heterocycles. The maximum absolute atomic E-state index is 13.1. The van der Waals surface area contributed by atoms with Crippen LogP contribution < -0.4 is 9.64 Å². The molecular formula is C26H26N4O2S. The summed E-state index contributed by atoms with van der Waals surface area (Å²) >= 11 is 1.39. The number of carbonyl (C=O) groups excluding carboxylic acids is 1. The van der Waals surface area contributed by atoms with Crippen LogP contribution in [0.4, 0.5) is 5.69 Å². The van der Waals surface area contributed by atoms with E-state index in [1.54, 1.807) is 7.11 Å². The van der Waals surface area contributed by atoms with Crippen molar-refractivity contribution in [3.8, 4) is 22.8 Å². The summed E-state index contributed by atoms with van der Waals surface area (Å²) < 4.78 is 7.27. The summed E-state index contributed by atoms with van der Waals surface area (Å²) in [6.07, 6.45) is 0. The maximum Gasteiger partial charge on any atom is 0.237 e. The lowest BCUT2D eigenvalue weighted by Crippen LogP contribution is -2.32. The Labute approximate surface area is 198 Å². The summed E-state index contributed by atoms with van der Waals surface area (Å²) in [5.41, 5.74) is 3.87. The molecule has 1 heterocycles. The minimum absolute atomic E-state index is 0.0328. The molecule has 0 aliphatic carbocycles. The van der Waals surface area contributed by atoms with E-state index < -0.39 is 0 Å². The third-order valence-corrected chi connectivity index (χ3v) is 6.26. The minimum atomic E-state index is 0.0328. The summed E-state index contributed by atoms with van der Waals surface area (Å²) in [5, 5.41) is 9.56. The van der Waals surface area contributed by atoms with Crippen molar-refractivity contribution >= 4 is 23.4 Å². The highest BCUT2D eigenvalue weighted by atomic mass is 32.2. The van der Waals surface area contributed by atoms with Crippen LogP contribution >= 0.6 is 11.8 Å². The lowest BCUT2D eigenvalue weighted by Gasteiger charge is -2.22. The molecule has 0 fully saturated rings. The number of aromatic nitrogens is 3. The first-order chi connectivity index (χ1) is 16.1. The van der Waals surface area contributed by atoms with Gasteiger partial charge < -0.3 is 9.64 Å². The molecule has 0 atom stereocenters. The minimum Gasteiger partial charge on any atom is -0.497 e. The van der Waals surface area contributed by atoms with Gasteiger partial charge in [-0.25, -0.2) is 0 Å². The molecule has 0 saturated heterocycles. The molecule has 3 aromatic carbocycles. The number of carbonyl (C=O) groups is 1. The smallest absolute Gasteiger partial charge is 0.237 e. The van der Waals surface area contributed by atoms with Crippen LogP contribution in [0.5, 0.6) is 5.75 Å². The second kappa shape index (κ2) is 10.4. The van der Waals surface area contributed by atoms with Gasteiger partial charge in [-0.2, -0.15) is 0 Å². The first-order valence-electron chi connectivity index (χ1n) is 10.8. The average molecular weight is 459 g/mol. The van der Waals surface area contributed by atoms with Gasteiger partial charge in [-0.15, -0.1) is 10.2 Å². The van der Waals surface area contributed by atoms with E-state index in [-0.39, 0.29) is 11.7 Å². The standard InChI is InChI=1S/C26H26N4O2S/c1-4-29(23-13-9-8-10-19(23)2)24(31)18-33-26-28-27-25(20-14-16-22(32-3)17-15-20)30(26)21-11-6-5-7-12-21/h5-17H,4,18H2,1-3H3. The van der Waals surface area contributed by atoms with Gasteiger partial charge in [0.25, 0.3) is 0 Å². The van der Waals surface area contributed by atoms with Crippen molar-refractivity contribution in [2.45, 2.75) is 19.0 Å². The monoisotopic (exact) mass is 458 g/mol. The van der Waals surface area contributed by atoms with Crippen LogP contribution in [0.25, 0.3) is 17.1 Å². The molecule has 168 valence electrons. The van der Waals surface area contributed by atoms with Gasteiger partial charge in [-0.1, -0.05) is 48.2 Å². The molecule has 1 amide bonds. The van der Waals surface area contributed by atoms with E-state index in [0.29, 0.717) is 17.5 Å². The molecule has 4 rings (SSSR count). The summed E-state index contributed by atoms with van der Waals surface area (Å²) in [5.74, 6) is 1.78. The third-order valence-electron chi connectivity index (χ3n) is 5.34. The van der Waals surface area contributed by atoms with Gasteiger partial charge in [0.2, 0.25) is 5.91 Å². The summed E-state index contributed by atoms with van der Waals surface area (Å²) in [4.78, 5) is 14.9. The molecule has 0 N–H and O–H groups in total. The van der Waals surface area contributed by atoms with Crippen LogP contribution in [0.1, 0.15) is 12.5 Å². The molecular weight excluding hydrogens is 432 g/mol. The molecule has 0 bridgehead atoms. The molecule has 6 nitrogen and oxygen atoms in total. The highest BCUT2D eigenvalue weighted by molar-refractivity contribution is 7.99. The Kier molecular flexibility index (Phi) is 7.10. The van der Waals surface area contributed by atoms with Gasteiger partial charge in [0.1, 0.15) is 5.75 Å². The van der Waals surface area contributed by atoms with Crippen molar-refractivity contribution in [3.05, 3.63) is 84.4 Å². The van der Waals surface area contributed by atoms with Crippen molar-refractivity contribution in [1.29, 1.82) is 0 Å². The van der Waals surface area contributed by atoms with Crippen molar-refractivity contribution in [2.24, 2.45) is 0 Å². The van der Waals surface area contributed by atoms with Gasteiger partial charge in [-0.05, 0) is 61.9 Å². The van der Waals surface area contributed by atoms with E-state index in [4.69, 9.17) is 4.74 Å². The van der Waals surface area contributed by atoms with E-state index in [9.17, 15) is 4.79 Å². The van der Waals surface area contributed by atoms with Crippen molar-refractivity contribution in [2.75, 3.05) is 24.3 Å². The molecule has 7 heteroatoms. The zero-order valence-corrected chi connectivity index (χ0v) is 19.7. The SMILES string of the molecule is CCN(C(=O)CSc1nnc(-c2ccc(OC)cc2)n1-c1ccccc1)c1ccccc1C. The quantitative estimate of drug-likeness (QED) is 0.331. The molecule has 0 saturated carbocycles. The fourth-order valence-electron chi connectivity index (χ4n) is 3.65. The Hall–Kier alpha value is -3.58. The first-order valence-corrected chi connectivity index (χ1v) is 11.7. The summed E-state index contributed by atoms with van der Waals surface area (Å²) in [6, 6.07) is 25.6. The zero-order valence-electron chi connectivity index (χ0n) is 18.9. The lowest BCUT2D eigenvalue weighted by atomic mass is 10.2. The van der Waals surface area contributed by atoms with E-state index in [0.717, 1.165) is 28.3 Å². The number of rotatable bonds is 8. The number of methoxy groups -OCH3 is 1. The summed E-state index contributed by atoms with van der Waals surface area (Å²) in [6.45, 7) is 4.61. The van der Waals surface area contributed by atoms with Gasteiger partial charge >= 0.3 is 0 Å². The van der Waals surface area contributed by atoms with Crippen LogP contribution in [0.3, 0.4) is 0 Å². The second-order valence-corrected chi connectivity index (χ2v) is 8.36. The number of para-hydroxylation sites is 2. The fourth-order valence-corrected chi connectivity index (χ4v) is 4.48. The van der Waals surface area contributed by atoms with Gasteiger partial charge in [0.15, 0.2) is 11.0 Å². The van der Waals surface area contributed by atoms with Crippen LogP contribution in [-0.2, 0) is 4.79 Å². The predicted molar refractivity (Wildman–Crippen MR) is 133 cm³/mol. The Balaban J connectivity index is 1.63. The Morgan fingerprint density at radius 2 is 1.67 bits per heavy atom. The zero-order chi connectivity index (χ0) is 23.2. The number of benzene rings is 3. The molecule has 0 unspecified atom stereocenters. The first kappa shape index (κ1) is 22.6. The van der Waals surface area contributed by atoms with Gasteiger partial charge in [0.05, 0.1) is 12.9 Å². The number of amides is 1.